The Balaban J connectivity index is 1.52. The van der Waals surface area contributed by atoms with E-state index in [0.29, 0.717) is 12.1 Å². The highest BCUT2D eigenvalue weighted by atomic mass is 35.5. The van der Waals surface area contributed by atoms with Gasteiger partial charge in [0.15, 0.2) is 0 Å². The lowest BCUT2D eigenvalue weighted by Gasteiger charge is -2.38. The fraction of sp³-hybridized carbons (Fsp3) is 0.750. The highest BCUT2D eigenvalue weighted by molar-refractivity contribution is 7.16. The molecule has 0 bridgehead atoms. The van der Waals surface area contributed by atoms with Crippen LogP contribution in [0.5, 0.6) is 0 Å². The lowest BCUT2D eigenvalue weighted by molar-refractivity contribution is 0.164. The van der Waals surface area contributed by atoms with Gasteiger partial charge in [0.1, 0.15) is 0 Å². The van der Waals surface area contributed by atoms with Gasteiger partial charge in [0.05, 0.1) is 4.34 Å². The number of nitrogens with one attached hydrogen (secondary N) is 1. The summed E-state index contributed by atoms with van der Waals surface area (Å²) in [6.45, 7) is 2.27. The van der Waals surface area contributed by atoms with Crippen LogP contribution in [0.1, 0.15) is 69.2 Å². The van der Waals surface area contributed by atoms with Crippen LogP contribution in [0.2, 0.25) is 4.34 Å². The van der Waals surface area contributed by atoms with Crippen molar-refractivity contribution in [2.75, 3.05) is 0 Å². The molecule has 1 unspecified atom stereocenters. The first-order valence-corrected chi connectivity index (χ1v) is 8.88. The molecule has 0 radical (unpaired) electrons. The van der Waals surface area contributed by atoms with Crippen molar-refractivity contribution < 1.29 is 0 Å². The molecular weight excluding hydrogens is 274 g/mol. The number of halogens is 1. The Labute approximate surface area is 125 Å². The van der Waals surface area contributed by atoms with Crippen LogP contribution in [-0.2, 0) is 0 Å². The molecule has 2 saturated carbocycles. The highest BCUT2D eigenvalue weighted by Gasteiger charge is 2.37. The molecule has 0 saturated heterocycles. The van der Waals surface area contributed by atoms with Gasteiger partial charge in [0.25, 0.3) is 0 Å². The van der Waals surface area contributed by atoms with Crippen molar-refractivity contribution in [3.63, 3.8) is 0 Å². The third kappa shape index (κ3) is 3.17. The second kappa shape index (κ2) is 5.75. The SMILES string of the molecule is CC(NC1CCC2(CCCC2)CC1)c1ccc(Cl)s1. The van der Waals surface area contributed by atoms with Gasteiger partial charge < -0.3 is 5.32 Å². The fourth-order valence-corrected chi connectivity index (χ4v) is 5.09. The summed E-state index contributed by atoms with van der Waals surface area (Å²) in [6.07, 6.45) is 11.6. The van der Waals surface area contributed by atoms with E-state index in [2.05, 4.69) is 18.3 Å². The molecule has 1 nitrogen and oxygen atoms in total. The minimum Gasteiger partial charge on any atom is -0.307 e. The normalized spacial score (nSPS) is 24.9. The summed E-state index contributed by atoms with van der Waals surface area (Å²) in [5, 5.41) is 3.81. The van der Waals surface area contributed by atoms with Crippen molar-refractivity contribution in [2.24, 2.45) is 5.41 Å². The van der Waals surface area contributed by atoms with E-state index >= 15 is 0 Å². The molecule has 1 spiro atoms. The van der Waals surface area contributed by atoms with Crippen LogP contribution in [0, 0.1) is 5.41 Å². The minimum atomic E-state index is 0.445. The zero-order chi connectivity index (χ0) is 13.3. The molecule has 3 rings (SSSR count). The van der Waals surface area contributed by atoms with Gasteiger partial charge in [-0.15, -0.1) is 11.3 Å². The van der Waals surface area contributed by atoms with Gasteiger partial charge in [-0.1, -0.05) is 24.4 Å². The molecule has 0 amide bonds. The summed E-state index contributed by atoms with van der Waals surface area (Å²) in [4.78, 5) is 1.37. The Kier molecular flexibility index (Phi) is 4.21. The van der Waals surface area contributed by atoms with E-state index in [4.69, 9.17) is 11.6 Å². The second-order valence-electron chi connectivity index (χ2n) is 6.51. The van der Waals surface area contributed by atoms with Crippen molar-refractivity contribution in [3.8, 4) is 0 Å². The molecule has 1 heterocycles. The molecule has 2 aliphatic rings. The zero-order valence-electron chi connectivity index (χ0n) is 11.8. The maximum Gasteiger partial charge on any atom is 0.0931 e. The Hall–Kier alpha value is -0.0500. The van der Waals surface area contributed by atoms with Crippen molar-refractivity contribution in [3.05, 3.63) is 21.3 Å². The Morgan fingerprint density at radius 1 is 1.21 bits per heavy atom. The van der Waals surface area contributed by atoms with Gasteiger partial charge in [-0.3, -0.25) is 0 Å². The molecule has 19 heavy (non-hydrogen) atoms. The molecular formula is C16H24ClNS. The van der Waals surface area contributed by atoms with Crippen molar-refractivity contribution in [1.29, 1.82) is 0 Å². The van der Waals surface area contributed by atoms with Crippen molar-refractivity contribution >= 4 is 22.9 Å². The maximum absolute atomic E-state index is 6.02. The quantitative estimate of drug-likeness (QED) is 0.770. The molecule has 1 N–H and O–H groups in total. The van der Waals surface area contributed by atoms with Gasteiger partial charge in [0.2, 0.25) is 0 Å². The summed E-state index contributed by atoms with van der Waals surface area (Å²) < 4.78 is 0.900. The van der Waals surface area contributed by atoms with Gasteiger partial charge in [-0.25, -0.2) is 0 Å². The van der Waals surface area contributed by atoms with Crippen molar-refractivity contribution in [1.82, 2.24) is 5.32 Å². The van der Waals surface area contributed by atoms with E-state index < -0.39 is 0 Å². The van der Waals surface area contributed by atoms with E-state index in [9.17, 15) is 0 Å². The summed E-state index contributed by atoms with van der Waals surface area (Å²) >= 11 is 7.73. The summed E-state index contributed by atoms with van der Waals surface area (Å²) in [5.41, 5.74) is 0.744. The van der Waals surface area contributed by atoms with E-state index in [1.807, 2.05) is 6.07 Å². The average molecular weight is 298 g/mol. The zero-order valence-corrected chi connectivity index (χ0v) is 13.3. The Bertz CT molecular complexity index is 412. The molecule has 0 aromatic carbocycles. The fourth-order valence-electron chi connectivity index (χ4n) is 4.02. The van der Waals surface area contributed by atoms with Gasteiger partial charge >= 0.3 is 0 Å². The first-order valence-electron chi connectivity index (χ1n) is 7.68. The van der Waals surface area contributed by atoms with Crippen LogP contribution in [0.25, 0.3) is 0 Å². The van der Waals surface area contributed by atoms with Gasteiger partial charge in [-0.2, -0.15) is 0 Å². The molecule has 0 aliphatic heterocycles. The maximum atomic E-state index is 6.02. The Morgan fingerprint density at radius 3 is 2.47 bits per heavy atom. The lowest BCUT2D eigenvalue weighted by atomic mass is 9.71. The van der Waals surface area contributed by atoms with Crippen molar-refractivity contribution in [2.45, 2.75) is 70.4 Å². The van der Waals surface area contributed by atoms with E-state index in [0.717, 1.165) is 9.75 Å². The van der Waals surface area contributed by atoms with E-state index in [1.165, 1.54) is 56.2 Å². The largest absolute Gasteiger partial charge is 0.307 e. The minimum absolute atomic E-state index is 0.445. The predicted octanol–water partition coefficient (Wildman–Crippen LogP) is 5.56. The number of rotatable bonds is 3. The predicted molar refractivity (Wildman–Crippen MR) is 84.0 cm³/mol. The monoisotopic (exact) mass is 297 g/mol. The topological polar surface area (TPSA) is 12.0 Å². The molecule has 106 valence electrons. The molecule has 1 aromatic rings. The van der Waals surface area contributed by atoms with Crippen LogP contribution in [-0.4, -0.2) is 6.04 Å². The first-order chi connectivity index (χ1) is 9.17. The van der Waals surface area contributed by atoms with Gasteiger partial charge in [0, 0.05) is 17.0 Å². The number of thiophene rings is 1. The summed E-state index contributed by atoms with van der Waals surface area (Å²) in [7, 11) is 0. The van der Waals surface area contributed by atoms with E-state index in [-0.39, 0.29) is 0 Å². The number of hydrogen-bond donors (Lipinski definition) is 1. The van der Waals surface area contributed by atoms with E-state index in [1.54, 1.807) is 11.3 Å². The van der Waals surface area contributed by atoms with Crippen LogP contribution in [0.4, 0.5) is 0 Å². The molecule has 2 aliphatic carbocycles. The smallest absolute Gasteiger partial charge is 0.0931 e. The molecule has 3 heteroatoms. The number of hydrogen-bond acceptors (Lipinski definition) is 2. The third-order valence-corrected chi connectivity index (χ3v) is 6.63. The second-order valence-corrected chi connectivity index (χ2v) is 8.26. The summed E-state index contributed by atoms with van der Waals surface area (Å²) in [6, 6.07) is 5.32. The lowest BCUT2D eigenvalue weighted by Crippen LogP contribution is -2.37. The summed E-state index contributed by atoms with van der Waals surface area (Å²) in [5.74, 6) is 0. The van der Waals surface area contributed by atoms with Crippen LogP contribution in [0.3, 0.4) is 0 Å². The van der Waals surface area contributed by atoms with Crippen LogP contribution >= 0.6 is 22.9 Å². The van der Waals surface area contributed by atoms with Gasteiger partial charge in [-0.05, 0) is 63.0 Å². The molecule has 1 aromatic heterocycles. The first kappa shape index (κ1) is 13.9. The standard InChI is InChI=1S/C16H24ClNS/c1-12(14-4-5-15(17)19-14)18-13-6-10-16(11-7-13)8-2-3-9-16/h4-5,12-13,18H,2-3,6-11H2,1H3. The third-order valence-electron chi connectivity index (χ3n) is 5.22. The highest BCUT2D eigenvalue weighted by Crippen LogP contribution is 2.49. The van der Waals surface area contributed by atoms with Crippen LogP contribution in [0.15, 0.2) is 12.1 Å². The Morgan fingerprint density at radius 2 is 1.89 bits per heavy atom. The molecule has 2 fully saturated rings. The molecule has 1 atom stereocenters. The van der Waals surface area contributed by atoms with Crippen LogP contribution < -0.4 is 5.32 Å². The average Bonchev–Trinajstić information content (AvgIpc) is 3.02.